The molecule has 18 heavy (non-hydrogen) atoms. The molecular formula is C13H17FN2O2. The first kappa shape index (κ1) is 12.8. The number of hydrogen-bond acceptors (Lipinski definition) is 3. The van der Waals surface area contributed by atoms with Gasteiger partial charge in [-0.25, -0.2) is 4.39 Å². The van der Waals surface area contributed by atoms with Gasteiger partial charge < -0.3 is 15.7 Å². The van der Waals surface area contributed by atoms with Crippen LogP contribution < -0.4 is 10.6 Å². The van der Waals surface area contributed by atoms with Crippen LogP contribution >= 0.6 is 0 Å². The van der Waals surface area contributed by atoms with Crippen molar-refractivity contribution in [1.82, 2.24) is 0 Å². The van der Waals surface area contributed by atoms with Crippen LogP contribution in [0.1, 0.15) is 31.4 Å². The molecule has 5 heteroatoms. The first-order valence-corrected chi connectivity index (χ1v) is 6.04. The lowest BCUT2D eigenvalue weighted by molar-refractivity contribution is -0.119. The summed E-state index contributed by atoms with van der Waals surface area (Å²) in [6.07, 6.45) is 0.587. The van der Waals surface area contributed by atoms with E-state index in [1.54, 1.807) is 17.0 Å². The summed E-state index contributed by atoms with van der Waals surface area (Å²) < 4.78 is 13.8. The summed E-state index contributed by atoms with van der Waals surface area (Å²) in [6.45, 7) is 2.16. The Morgan fingerprint density at radius 2 is 2.33 bits per heavy atom. The lowest BCUT2D eigenvalue weighted by Crippen LogP contribution is -2.41. The maximum Gasteiger partial charge on any atom is 0.240 e. The van der Waals surface area contributed by atoms with Crippen molar-refractivity contribution in [3.63, 3.8) is 0 Å². The number of nitrogens with zero attached hydrogens (tertiary/aromatic N) is 1. The smallest absolute Gasteiger partial charge is 0.240 e. The molecule has 0 aromatic heterocycles. The summed E-state index contributed by atoms with van der Waals surface area (Å²) in [4.78, 5) is 13.2. The Morgan fingerprint density at radius 3 is 2.94 bits per heavy atom. The van der Waals surface area contributed by atoms with Crippen molar-refractivity contribution in [2.45, 2.75) is 31.9 Å². The number of carbonyl (C=O) groups is 1. The van der Waals surface area contributed by atoms with E-state index in [2.05, 4.69) is 0 Å². The van der Waals surface area contributed by atoms with E-state index in [1.807, 2.05) is 0 Å². The SMILES string of the molecule is C[C@H](O)c1c(F)cccc1N1CCCC1C(N)=O. The summed E-state index contributed by atoms with van der Waals surface area (Å²) in [5, 5.41) is 9.69. The molecule has 1 saturated heterocycles. The maximum absolute atomic E-state index is 13.8. The predicted molar refractivity (Wildman–Crippen MR) is 66.6 cm³/mol. The molecule has 0 bridgehead atoms. The van der Waals surface area contributed by atoms with Crippen LogP contribution in [0.2, 0.25) is 0 Å². The molecule has 1 aliphatic heterocycles. The van der Waals surface area contributed by atoms with Crippen molar-refractivity contribution in [2.75, 3.05) is 11.4 Å². The largest absolute Gasteiger partial charge is 0.389 e. The highest BCUT2D eigenvalue weighted by molar-refractivity contribution is 5.84. The van der Waals surface area contributed by atoms with Crippen LogP contribution in [-0.2, 0) is 4.79 Å². The number of carbonyl (C=O) groups excluding carboxylic acids is 1. The third kappa shape index (κ3) is 2.18. The third-order valence-electron chi connectivity index (χ3n) is 3.34. The van der Waals surface area contributed by atoms with Crippen LogP contribution in [0.3, 0.4) is 0 Å². The van der Waals surface area contributed by atoms with Gasteiger partial charge in [-0.1, -0.05) is 6.07 Å². The lowest BCUT2D eigenvalue weighted by atomic mass is 10.1. The Bertz CT molecular complexity index is 462. The zero-order chi connectivity index (χ0) is 13.3. The minimum absolute atomic E-state index is 0.227. The first-order valence-electron chi connectivity index (χ1n) is 6.04. The molecule has 0 saturated carbocycles. The number of nitrogens with two attached hydrogens (primary N) is 1. The third-order valence-corrected chi connectivity index (χ3v) is 3.34. The zero-order valence-electron chi connectivity index (χ0n) is 10.3. The molecule has 1 aliphatic rings. The second-order valence-corrected chi connectivity index (χ2v) is 4.60. The summed E-state index contributed by atoms with van der Waals surface area (Å²) in [6, 6.07) is 4.18. The average Bonchev–Trinajstić information content (AvgIpc) is 2.76. The van der Waals surface area contributed by atoms with Crippen LogP contribution in [0, 0.1) is 5.82 Å². The molecule has 0 radical (unpaired) electrons. The average molecular weight is 252 g/mol. The van der Waals surface area contributed by atoms with E-state index in [0.29, 0.717) is 18.7 Å². The molecule has 1 heterocycles. The molecule has 2 atom stereocenters. The molecule has 1 fully saturated rings. The molecule has 1 amide bonds. The molecule has 1 aromatic carbocycles. The standard InChI is InChI=1S/C13H17FN2O2/c1-8(17)12-9(14)4-2-5-10(12)16-7-3-6-11(16)13(15)18/h2,4-5,8,11,17H,3,6-7H2,1H3,(H2,15,18)/t8-,11?/m0/s1. The Morgan fingerprint density at radius 1 is 1.61 bits per heavy atom. The van der Waals surface area contributed by atoms with E-state index in [0.717, 1.165) is 6.42 Å². The Labute approximate surface area is 105 Å². The molecule has 1 unspecified atom stereocenters. The molecule has 0 spiro atoms. The minimum Gasteiger partial charge on any atom is -0.389 e. The van der Waals surface area contributed by atoms with E-state index in [-0.39, 0.29) is 5.56 Å². The van der Waals surface area contributed by atoms with Gasteiger partial charge in [0.15, 0.2) is 0 Å². The van der Waals surface area contributed by atoms with Gasteiger partial charge in [0.05, 0.1) is 6.10 Å². The highest BCUT2D eigenvalue weighted by atomic mass is 19.1. The fourth-order valence-electron chi connectivity index (χ4n) is 2.54. The second kappa shape index (κ2) is 4.94. The molecular weight excluding hydrogens is 235 g/mol. The fraction of sp³-hybridized carbons (Fsp3) is 0.462. The Hall–Kier alpha value is -1.62. The highest BCUT2D eigenvalue weighted by Gasteiger charge is 2.31. The van der Waals surface area contributed by atoms with Gasteiger partial charge in [0, 0.05) is 17.8 Å². The Balaban J connectivity index is 2.44. The zero-order valence-corrected chi connectivity index (χ0v) is 10.3. The number of benzene rings is 1. The van der Waals surface area contributed by atoms with Crippen molar-refractivity contribution in [1.29, 1.82) is 0 Å². The van der Waals surface area contributed by atoms with Gasteiger partial charge in [-0.3, -0.25) is 4.79 Å². The van der Waals surface area contributed by atoms with E-state index < -0.39 is 23.9 Å². The molecule has 0 aliphatic carbocycles. The van der Waals surface area contributed by atoms with Crippen LogP contribution in [0.25, 0.3) is 0 Å². The Kier molecular flexibility index (Phi) is 3.52. The van der Waals surface area contributed by atoms with Crippen LogP contribution in [0.5, 0.6) is 0 Å². The van der Waals surface area contributed by atoms with Crippen LogP contribution in [0.4, 0.5) is 10.1 Å². The van der Waals surface area contributed by atoms with Crippen molar-refractivity contribution in [3.8, 4) is 0 Å². The van der Waals surface area contributed by atoms with Gasteiger partial charge in [0.2, 0.25) is 5.91 Å². The van der Waals surface area contributed by atoms with Gasteiger partial charge >= 0.3 is 0 Å². The molecule has 2 rings (SSSR count). The van der Waals surface area contributed by atoms with E-state index in [1.165, 1.54) is 13.0 Å². The normalized spacial score (nSPS) is 21.1. The summed E-state index contributed by atoms with van der Waals surface area (Å²) in [5.74, 6) is -0.870. The number of aliphatic hydroxyl groups is 1. The summed E-state index contributed by atoms with van der Waals surface area (Å²) in [5.41, 5.74) is 6.14. The first-order chi connectivity index (χ1) is 8.52. The van der Waals surface area contributed by atoms with Gasteiger partial charge in [0.1, 0.15) is 11.9 Å². The van der Waals surface area contributed by atoms with Gasteiger partial charge in [-0.15, -0.1) is 0 Å². The molecule has 3 N–H and O–H groups in total. The van der Waals surface area contributed by atoms with Crippen LogP contribution in [-0.4, -0.2) is 23.6 Å². The summed E-state index contributed by atoms with van der Waals surface area (Å²) >= 11 is 0. The highest BCUT2D eigenvalue weighted by Crippen LogP contribution is 2.33. The monoisotopic (exact) mass is 252 g/mol. The number of hydrogen-bond donors (Lipinski definition) is 2. The van der Waals surface area contributed by atoms with E-state index in [9.17, 15) is 14.3 Å². The topological polar surface area (TPSA) is 66.6 Å². The van der Waals surface area contributed by atoms with E-state index in [4.69, 9.17) is 5.73 Å². The number of halogens is 1. The van der Waals surface area contributed by atoms with Gasteiger partial charge in [-0.05, 0) is 31.9 Å². The van der Waals surface area contributed by atoms with Crippen molar-refractivity contribution in [2.24, 2.45) is 5.73 Å². The van der Waals surface area contributed by atoms with Crippen molar-refractivity contribution < 1.29 is 14.3 Å². The molecule has 98 valence electrons. The quantitative estimate of drug-likeness (QED) is 0.853. The molecule has 1 aromatic rings. The number of anilines is 1. The van der Waals surface area contributed by atoms with E-state index >= 15 is 0 Å². The predicted octanol–water partition coefficient (Wildman–Crippen LogP) is 1.33. The van der Waals surface area contributed by atoms with Crippen molar-refractivity contribution >= 4 is 11.6 Å². The number of amides is 1. The van der Waals surface area contributed by atoms with Crippen molar-refractivity contribution in [3.05, 3.63) is 29.6 Å². The second-order valence-electron chi connectivity index (χ2n) is 4.60. The van der Waals surface area contributed by atoms with Gasteiger partial charge in [-0.2, -0.15) is 0 Å². The number of primary amides is 1. The van der Waals surface area contributed by atoms with Gasteiger partial charge in [0.25, 0.3) is 0 Å². The number of aliphatic hydroxyl groups excluding tert-OH is 1. The molecule has 4 nitrogen and oxygen atoms in total. The van der Waals surface area contributed by atoms with Crippen LogP contribution in [0.15, 0.2) is 18.2 Å². The number of rotatable bonds is 3. The fourth-order valence-corrected chi connectivity index (χ4v) is 2.54. The minimum atomic E-state index is -0.921. The summed E-state index contributed by atoms with van der Waals surface area (Å²) in [7, 11) is 0. The maximum atomic E-state index is 13.8. The lowest BCUT2D eigenvalue weighted by Gasteiger charge is -2.27.